The Morgan fingerprint density at radius 3 is 2.68 bits per heavy atom. The molecule has 1 amide bonds. The molecule has 0 aliphatic heterocycles. The summed E-state index contributed by atoms with van der Waals surface area (Å²) in [6, 6.07) is 13.4. The second-order valence-corrected chi connectivity index (χ2v) is 6.09. The van der Waals surface area contributed by atoms with Gasteiger partial charge < -0.3 is 4.90 Å². The van der Waals surface area contributed by atoms with E-state index in [0.29, 0.717) is 18.7 Å². The molecule has 2 aromatic heterocycles. The molecule has 0 radical (unpaired) electrons. The van der Waals surface area contributed by atoms with E-state index in [9.17, 15) is 4.79 Å². The summed E-state index contributed by atoms with van der Waals surface area (Å²) < 4.78 is 0. The van der Waals surface area contributed by atoms with Crippen LogP contribution in [0, 0.1) is 0 Å². The van der Waals surface area contributed by atoms with E-state index in [0.717, 1.165) is 27.7 Å². The number of aromatic nitrogens is 2. The van der Waals surface area contributed by atoms with Gasteiger partial charge >= 0.3 is 0 Å². The third-order valence-corrected chi connectivity index (χ3v) is 4.03. The number of amides is 1. The third kappa shape index (κ3) is 3.58. The first kappa shape index (κ1) is 16.8. The fourth-order valence-electron chi connectivity index (χ4n) is 2.84. The lowest BCUT2D eigenvalue weighted by Crippen LogP contribution is -2.32. The lowest BCUT2D eigenvalue weighted by atomic mass is 10.0. The van der Waals surface area contributed by atoms with E-state index < -0.39 is 0 Å². The summed E-state index contributed by atoms with van der Waals surface area (Å²) >= 11 is 0. The minimum Gasteiger partial charge on any atom is -0.335 e. The monoisotopic (exact) mass is 331 g/mol. The van der Waals surface area contributed by atoms with Crippen molar-refractivity contribution in [3.05, 3.63) is 72.6 Å². The van der Waals surface area contributed by atoms with Crippen molar-refractivity contribution in [3.8, 4) is 11.3 Å². The molecule has 1 aromatic carbocycles. The van der Waals surface area contributed by atoms with Crippen LogP contribution in [0.1, 0.15) is 24.2 Å². The van der Waals surface area contributed by atoms with Crippen molar-refractivity contribution in [3.63, 3.8) is 0 Å². The van der Waals surface area contributed by atoms with E-state index in [1.165, 1.54) is 0 Å². The summed E-state index contributed by atoms with van der Waals surface area (Å²) in [4.78, 5) is 23.8. The van der Waals surface area contributed by atoms with Gasteiger partial charge in [0.05, 0.1) is 16.8 Å². The van der Waals surface area contributed by atoms with Crippen molar-refractivity contribution >= 4 is 16.8 Å². The molecule has 0 spiro atoms. The topological polar surface area (TPSA) is 46.1 Å². The van der Waals surface area contributed by atoms with Crippen LogP contribution in [0.4, 0.5) is 0 Å². The molecule has 4 heteroatoms. The van der Waals surface area contributed by atoms with Crippen LogP contribution in [0.25, 0.3) is 22.2 Å². The maximum atomic E-state index is 13.2. The number of fused-ring (bicyclic) bond motifs is 1. The van der Waals surface area contributed by atoms with Crippen molar-refractivity contribution in [1.82, 2.24) is 14.9 Å². The average molecular weight is 331 g/mol. The first-order chi connectivity index (χ1) is 12.1. The highest BCUT2D eigenvalue weighted by atomic mass is 16.2. The van der Waals surface area contributed by atoms with E-state index in [1.807, 2.05) is 56.3 Å². The molecule has 0 aliphatic rings. The van der Waals surface area contributed by atoms with Crippen LogP contribution < -0.4 is 0 Å². The maximum absolute atomic E-state index is 13.2. The molecule has 0 saturated heterocycles. The van der Waals surface area contributed by atoms with Gasteiger partial charge in [-0.1, -0.05) is 30.4 Å². The van der Waals surface area contributed by atoms with Crippen LogP contribution >= 0.6 is 0 Å². The molecule has 0 fully saturated rings. The summed E-state index contributed by atoms with van der Waals surface area (Å²) in [5.41, 5.74) is 4.07. The largest absolute Gasteiger partial charge is 0.335 e. The van der Waals surface area contributed by atoms with Gasteiger partial charge in [0.25, 0.3) is 5.91 Å². The highest BCUT2D eigenvalue weighted by molar-refractivity contribution is 6.07. The third-order valence-electron chi connectivity index (χ3n) is 4.03. The molecule has 0 bridgehead atoms. The van der Waals surface area contributed by atoms with Crippen LogP contribution in [-0.2, 0) is 0 Å². The molecule has 3 aromatic rings. The normalized spacial score (nSPS) is 10.6. The molecule has 25 heavy (non-hydrogen) atoms. The fraction of sp³-hybridized carbons (Fsp3) is 0.190. The van der Waals surface area contributed by atoms with E-state index >= 15 is 0 Å². The number of hydrogen-bond acceptors (Lipinski definition) is 3. The Balaban J connectivity index is 2.15. The number of hydrogen-bond donors (Lipinski definition) is 0. The molecule has 0 atom stereocenters. The number of para-hydroxylation sites is 1. The average Bonchev–Trinajstić information content (AvgIpc) is 2.65. The Hall–Kier alpha value is -3.01. The molecular weight excluding hydrogens is 310 g/mol. The van der Waals surface area contributed by atoms with Crippen molar-refractivity contribution in [2.45, 2.75) is 13.8 Å². The lowest BCUT2D eigenvalue weighted by Gasteiger charge is -2.22. The zero-order chi connectivity index (χ0) is 17.8. The quantitative estimate of drug-likeness (QED) is 0.654. The van der Waals surface area contributed by atoms with Gasteiger partial charge in [0.1, 0.15) is 0 Å². The molecule has 0 aliphatic carbocycles. The highest BCUT2D eigenvalue weighted by Crippen LogP contribution is 2.25. The van der Waals surface area contributed by atoms with Gasteiger partial charge in [-0.3, -0.25) is 9.78 Å². The van der Waals surface area contributed by atoms with Crippen molar-refractivity contribution in [1.29, 1.82) is 0 Å². The molecule has 126 valence electrons. The van der Waals surface area contributed by atoms with Crippen LogP contribution in [0.3, 0.4) is 0 Å². The van der Waals surface area contributed by atoms with E-state index in [-0.39, 0.29) is 5.91 Å². The summed E-state index contributed by atoms with van der Waals surface area (Å²) in [6.07, 6.45) is 3.49. The zero-order valence-electron chi connectivity index (χ0n) is 14.6. The first-order valence-electron chi connectivity index (χ1n) is 8.34. The smallest absolute Gasteiger partial charge is 0.254 e. The summed E-state index contributed by atoms with van der Waals surface area (Å²) in [5, 5.41) is 0.861. The van der Waals surface area contributed by atoms with Gasteiger partial charge in [-0.05, 0) is 38.1 Å². The minimum absolute atomic E-state index is 0.00533. The van der Waals surface area contributed by atoms with Crippen LogP contribution in [0.5, 0.6) is 0 Å². The van der Waals surface area contributed by atoms with Crippen molar-refractivity contribution in [2.24, 2.45) is 0 Å². The number of carbonyl (C=O) groups excluding carboxylic acids is 1. The van der Waals surface area contributed by atoms with E-state index in [1.54, 1.807) is 17.3 Å². The minimum atomic E-state index is -0.00533. The number of carbonyl (C=O) groups is 1. The predicted octanol–water partition coefficient (Wildman–Crippen LogP) is 4.34. The number of rotatable bonds is 5. The van der Waals surface area contributed by atoms with Crippen LogP contribution in [0.2, 0.25) is 0 Å². The number of likely N-dealkylation sites (N-methyl/N-ethyl adjacent to an activating group) is 1. The van der Waals surface area contributed by atoms with Crippen molar-refractivity contribution in [2.75, 3.05) is 13.1 Å². The molecule has 0 unspecified atom stereocenters. The maximum Gasteiger partial charge on any atom is 0.254 e. The Bertz CT molecular complexity index is 919. The van der Waals surface area contributed by atoms with Gasteiger partial charge in [0.2, 0.25) is 0 Å². The Labute approximate surface area is 147 Å². The van der Waals surface area contributed by atoms with E-state index in [2.05, 4.69) is 11.6 Å². The Kier molecular flexibility index (Phi) is 4.89. The molecule has 0 N–H and O–H groups in total. The second kappa shape index (κ2) is 7.26. The van der Waals surface area contributed by atoms with Gasteiger partial charge in [0.15, 0.2) is 0 Å². The standard InChI is InChI=1S/C21H21N3O/c1-4-24(14-15(2)3)21(25)18-12-20(16-8-7-11-22-13-16)23-19-10-6-5-9-17(18)19/h5-13H,2,4,14H2,1,3H3. The van der Waals surface area contributed by atoms with Gasteiger partial charge in [0, 0.05) is 36.4 Å². The van der Waals surface area contributed by atoms with Crippen LogP contribution in [-0.4, -0.2) is 33.9 Å². The number of nitrogens with zero attached hydrogens (tertiary/aromatic N) is 3. The van der Waals surface area contributed by atoms with Gasteiger partial charge in [-0.25, -0.2) is 4.98 Å². The highest BCUT2D eigenvalue weighted by Gasteiger charge is 2.19. The molecule has 0 saturated carbocycles. The number of pyridine rings is 2. The second-order valence-electron chi connectivity index (χ2n) is 6.09. The van der Waals surface area contributed by atoms with E-state index in [4.69, 9.17) is 4.98 Å². The molecule has 3 rings (SSSR count). The molecular formula is C21H21N3O. The Morgan fingerprint density at radius 2 is 2.00 bits per heavy atom. The summed E-state index contributed by atoms with van der Waals surface area (Å²) in [5.74, 6) is -0.00533. The SMILES string of the molecule is C=C(C)CN(CC)C(=O)c1cc(-c2cccnc2)nc2ccccc12. The van der Waals surface area contributed by atoms with Gasteiger partial charge in [-0.15, -0.1) is 0 Å². The Morgan fingerprint density at radius 1 is 1.20 bits per heavy atom. The van der Waals surface area contributed by atoms with Crippen molar-refractivity contribution < 1.29 is 4.79 Å². The first-order valence-corrected chi connectivity index (χ1v) is 8.34. The van der Waals surface area contributed by atoms with Crippen LogP contribution in [0.15, 0.2) is 67.0 Å². The fourth-order valence-corrected chi connectivity index (χ4v) is 2.84. The molecule has 2 heterocycles. The van der Waals surface area contributed by atoms with Gasteiger partial charge in [-0.2, -0.15) is 0 Å². The lowest BCUT2D eigenvalue weighted by molar-refractivity contribution is 0.0780. The predicted molar refractivity (Wildman–Crippen MR) is 101 cm³/mol. The zero-order valence-corrected chi connectivity index (χ0v) is 14.6. The summed E-state index contributed by atoms with van der Waals surface area (Å²) in [7, 11) is 0. The number of benzene rings is 1. The molecule has 4 nitrogen and oxygen atoms in total. The summed E-state index contributed by atoms with van der Waals surface area (Å²) in [6.45, 7) is 9.02.